The Labute approximate surface area is 151 Å². The lowest BCUT2D eigenvalue weighted by Gasteiger charge is -2.15. The molecule has 0 spiro atoms. The van der Waals surface area contributed by atoms with Crippen molar-refractivity contribution < 1.29 is 18.0 Å². The molecule has 0 fully saturated rings. The van der Waals surface area contributed by atoms with Crippen molar-refractivity contribution in [1.82, 2.24) is 9.78 Å². The summed E-state index contributed by atoms with van der Waals surface area (Å²) in [7, 11) is 0. The largest absolute Gasteiger partial charge is 0.416 e. The number of benzene rings is 1. The highest BCUT2D eigenvalue weighted by atomic mass is 79.9. The van der Waals surface area contributed by atoms with Crippen LogP contribution in [0.4, 0.5) is 19.0 Å². The number of hydrogen-bond donors (Lipinski definition) is 1. The van der Waals surface area contributed by atoms with Crippen LogP contribution >= 0.6 is 31.9 Å². The fourth-order valence-corrected chi connectivity index (χ4v) is 3.39. The maximum Gasteiger partial charge on any atom is 0.416 e. The van der Waals surface area contributed by atoms with E-state index in [1.807, 2.05) is 6.07 Å². The number of amides is 1. The molecule has 0 saturated carbocycles. The van der Waals surface area contributed by atoms with Gasteiger partial charge < -0.3 is 5.32 Å². The number of aromatic nitrogens is 2. The summed E-state index contributed by atoms with van der Waals surface area (Å²) in [5.74, 6) is -0.266. The molecule has 0 aliphatic heterocycles. The highest BCUT2D eigenvalue weighted by molar-refractivity contribution is 9.11. The van der Waals surface area contributed by atoms with E-state index in [1.165, 1.54) is 10.9 Å². The van der Waals surface area contributed by atoms with Crippen molar-refractivity contribution in [2.45, 2.75) is 19.5 Å². The average Bonchev–Trinajstić information content (AvgIpc) is 2.88. The Morgan fingerprint density at radius 1 is 1.38 bits per heavy atom. The molecule has 0 atom stereocenters. The Bertz CT molecular complexity index is 817. The predicted molar refractivity (Wildman–Crippen MR) is 87.6 cm³/mol. The van der Waals surface area contributed by atoms with Crippen LogP contribution in [0.2, 0.25) is 0 Å². The number of alkyl halides is 3. The highest BCUT2D eigenvalue weighted by Crippen LogP contribution is 2.38. The second-order valence-electron chi connectivity index (χ2n) is 4.62. The first kappa shape index (κ1) is 18.5. The molecular formula is C14H9Br2F3N4O. The summed E-state index contributed by atoms with van der Waals surface area (Å²) in [6, 6.07) is 3.69. The van der Waals surface area contributed by atoms with E-state index in [1.54, 1.807) is 6.92 Å². The maximum atomic E-state index is 12.9. The van der Waals surface area contributed by atoms with Crippen molar-refractivity contribution in [2.75, 3.05) is 5.32 Å². The van der Waals surface area contributed by atoms with E-state index in [2.05, 4.69) is 42.3 Å². The lowest BCUT2D eigenvalue weighted by Crippen LogP contribution is -2.15. The fourth-order valence-electron chi connectivity index (χ4n) is 1.87. The van der Waals surface area contributed by atoms with Crippen molar-refractivity contribution in [3.05, 3.63) is 38.4 Å². The number of nitrogens with one attached hydrogen (secondary N) is 1. The summed E-state index contributed by atoms with van der Waals surface area (Å²) in [6.45, 7) is 1.63. The average molecular weight is 466 g/mol. The minimum atomic E-state index is -4.51. The predicted octanol–water partition coefficient (Wildman–Crippen LogP) is 4.64. The van der Waals surface area contributed by atoms with Crippen molar-refractivity contribution in [1.29, 1.82) is 5.26 Å². The third kappa shape index (κ3) is 3.62. The topological polar surface area (TPSA) is 70.7 Å². The number of hydrogen-bond acceptors (Lipinski definition) is 3. The maximum absolute atomic E-state index is 12.9. The Morgan fingerprint density at radius 2 is 1.96 bits per heavy atom. The van der Waals surface area contributed by atoms with Gasteiger partial charge in [0, 0.05) is 15.4 Å². The lowest BCUT2D eigenvalue weighted by atomic mass is 10.2. The molecule has 1 amide bonds. The highest BCUT2D eigenvalue weighted by Gasteiger charge is 2.32. The van der Waals surface area contributed by atoms with Crippen LogP contribution in [-0.2, 0) is 11.0 Å². The normalized spacial score (nSPS) is 11.2. The van der Waals surface area contributed by atoms with Gasteiger partial charge >= 0.3 is 6.18 Å². The van der Waals surface area contributed by atoms with E-state index in [-0.39, 0.29) is 38.3 Å². The van der Waals surface area contributed by atoms with E-state index < -0.39 is 11.7 Å². The van der Waals surface area contributed by atoms with Crippen molar-refractivity contribution in [3.8, 4) is 11.8 Å². The van der Waals surface area contributed by atoms with Crippen LogP contribution in [0.15, 0.2) is 27.3 Å². The van der Waals surface area contributed by atoms with E-state index >= 15 is 0 Å². The van der Waals surface area contributed by atoms with Crippen molar-refractivity contribution >= 4 is 43.6 Å². The van der Waals surface area contributed by atoms with Crippen LogP contribution in [0.3, 0.4) is 0 Å². The third-order valence-electron chi connectivity index (χ3n) is 3.02. The van der Waals surface area contributed by atoms with Crippen LogP contribution < -0.4 is 5.32 Å². The number of carbonyl (C=O) groups is 1. The van der Waals surface area contributed by atoms with Gasteiger partial charge in [-0.3, -0.25) is 4.79 Å². The summed E-state index contributed by atoms with van der Waals surface area (Å²) in [5.41, 5.74) is -0.525. The number of nitrogens with zero attached hydrogens (tertiary/aromatic N) is 3. The Morgan fingerprint density at radius 3 is 2.42 bits per heavy atom. The molecule has 126 valence electrons. The Kier molecular flexibility index (Phi) is 5.35. The Balaban J connectivity index is 2.63. The summed E-state index contributed by atoms with van der Waals surface area (Å²) in [4.78, 5) is 11.7. The molecule has 1 aromatic carbocycles. The van der Waals surface area contributed by atoms with Gasteiger partial charge in [0.25, 0.3) is 0 Å². The first-order valence-corrected chi connectivity index (χ1v) is 8.12. The first-order chi connectivity index (χ1) is 11.2. The van der Waals surface area contributed by atoms with Gasteiger partial charge in [0.05, 0.1) is 17.4 Å². The minimum absolute atomic E-state index is 0.0884. The van der Waals surface area contributed by atoms with Crippen LogP contribution in [0.1, 0.15) is 24.5 Å². The van der Waals surface area contributed by atoms with Crippen LogP contribution in [0, 0.1) is 11.3 Å². The molecule has 1 heterocycles. The molecule has 5 nitrogen and oxygen atoms in total. The number of carbonyl (C=O) groups excluding carboxylic acids is 1. The number of anilines is 1. The van der Waals surface area contributed by atoms with Gasteiger partial charge in [0.2, 0.25) is 5.91 Å². The molecule has 1 N–H and O–H groups in total. The van der Waals surface area contributed by atoms with E-state index in [0.717, 1.165) is 12.1 Å². The number of rotatable bonds is 3. The van der Waals surface area contributed by atoms with Gasteiger partial charge in [-0.1, -0.05) is 6.92 Å². The minimum Gasteiger partial charge on any atom is -0.309 e. The van der Waals surface area contributed by atoms with Crippen molar-refractivity contribution in [2.24, 2.45) is 0 Å². The number of halogens is 5. The Hall–Kier alpha value is -1.86. The summed E-state index contributed by atoms with van der Waals surface area (Å²) in [5, 5.41) is 15.7. The molecule has 24 heavy (non-hydrogen) atoms. The van der Waals surface area contributed by atoms with Crippen LogP contribution in [0.25, 0.3) is 5.69 Å². The van der Waals surface area contributed by atoms with E-state index in [9.17, 15) is 18.0 Å². The summed E-state index contributed by atoms with van der Waals surface area (Å²) < 4.78 is 40.0. The molecule has 10 heteroatoms. The van der Waals surface area contributed by atoms with Gasteiger partial charge in [-0.25, -0.2) is 4.68 Å². The van der Waals surface area contributed by atoms with Gasteiger partial charge in [0.1, 0.15) is 11.6 Å². The molecule has 0 radical (unpaired) electrons. The van der Waals surface area contributed by atoms with E-state index in [4.69, 9.17) is 5.26 Å². The summed E-state index contributed by atoms with van der Waals surface area (Å²) in [6.07, 6.45) is -3.11. The third-order valence-corrected chi connectivity index (χ3v) is 4.23. The quantitative estimate of drug-likeness (QED) is 0.717. The van der Waals surface area contributed by atoms with Gasteiger partial charge in [-0.2, -0.15) is 23.5 Å². The first-order valence-electron chi connectivity index (χ1n) is 6.53. The van der Waals surface area contributed by atoms with Gasteiger partial charge in [-0.15, -0.1) is 0 Å². The van der Waals surface area contributed by atoms with Gasteiger partial charge in [0.15, 0.2) is 5.82 Å². The van der Waals surface area contributed by atoms with Gasteiger partial charge in [-0.05, 0) is 44.0 Å². The smallest absolute Gasteiger partial charge is 0.309 e. The van der Waals surface area contributed by atoms with Crippen LogP contribution in [0.5, 0.6) is 0 Å². The van der Waals surface area contributed by atoms with Crippen molar-refractivity contribution in [3.63, 3.8) is 0 Å². The zero-order chi connectivity index (χ0) is 18.1. The molecule has 0 bridgehead atoms. The monoisotopic (exact) mass is 464 g/mol. The molecule has 0 saturated heterocycles. The van der Waals surface area contributed by atoms with Crippen LogP contribution in [-0.4, -0.2) is 15.7 Å². The molecular weight excluding hydrogens is 457 g/mol. The standard InChI is InChI=1S/C14H9Br2F3N4O/c1-2-11(24)22-13-7(5-20)6-21-23(13)12-9(15)3-8(4-10(12)16)14(17,18)19/h3-4,6H,2H2,1H3,(H,22,24). The zero-order valence-corrected chi connectivity index (χ0v) is 15.3. The zero-order valence-electron chi connectivity index (χ0n) is 12.1. The summed E-state index contributed by atoms with van der Waals surface area (Å²) >= 11 is 6.18. The second kappa shape index (κ2) is 6.94. The fraction of sp³-hybridized carbons (Fsp3) is 0.214. The number of nitriles is 1. The molecule has 2 rings (SSSR count). The molecule has 0 unspecified atom stereocenters. The van der Waals surface area contributed by atoms with E-state index in [0.29, 0.717) is 0 Å². The SMILES string of the molecule is CCC(=O)Nc1c(C#N)cnn1-c1c(Br)cc(C(F)(F)F)cc1Br. The molecule has 0 aliphatic rings. The molecule has 1 aromatic heterocycles. The molecule has 2 aromatic rings. The second-order valence-corrected chi connectivity index (χ2v) is 6.33. The molecule has 0 aliphatic carbocycles. The lowest BCUT2D eigenvalue weighted by molar-refractivity contribution is -0.137.